The standard InChI is InChI=1S/C24H37N5O2S/c1-4-21-12-22-23(32-21)7-11-31-24(22)8-10-27(17(2)13-24)14-19-15-29(26-25-19)20-6-5-9-28(16-20)18(3)30/h12,15,17,20,25-26H,4-11,13-14,16H2,1-3H3/p+1/t17-,20?,24+/m0/s1. The number of nitrogens with two attached hydrogens (primary N) is 1. The largest absolute Gasteiger partial charge is 0.370 e. The van der Waals surface area contributed by atoms with E-state index >= 15 is 0 Å². The van der Waals surface area contributed by atoms with Gasteiger partial charge in [0.05, 0.1) is 24.4 Å². The molecule has 4 aliphatic rings. The van der Waals surface area contributed by atoms with Gasteiger partial charge in [-0.15, -0.1) is 16.9 Å². The van der Waals surface area contributed by atoms with Gasteiger partial charge in [-0.2, -0.15) is 0 Å². The second kappa shape index (κ2) is 8.97. The first-order valence-electron chi connectivity index (χ1n) is 12.3. The minimum absolute atomic E-state index is 0.0820. The molecule has 5 rings (SSSR count). The topological polar surface area (TPSA) is 64.7 Å². The molecule has 4 aliphatic heterocycles. The Labute approximate surface area is 195 Å². The predicted molar refractivity (Wildman–Crippen MR) is 126 cm³/mol. The molecule has 176 valence electrons. The summed E-state index contributed by atoms with van der Waals surface area (Å²) in [6.45, 7) is 10.8. The van der Waals surface area contributed by atoms with Crippen molar-refractivity contribution in [1.82, 2.24) is 20.2 Å². The lowest BCUT2D eigenvalue weighted by molar-refractivity contribution is -0.829. The van der Waals surface area contributed by atoms with Gasteiger partial charge >= 0.3 is 0 Å². The van der Waals surface area contributed by atoms with Crippen LogP contribution in [0.4, 0.5) is 0 Å². The first kappa shape index (κ1) is 22.2. The molecule has 1 spiro atoms. The van der Waals surface area contributed by atoms with Crippen LogP contribution in [0.3, 0.4) is 0 Å². The maximum absolute atomic E-state index is 11.8. The Bertz CT molecular complexity index is 886. The molecule has 0 saturated carbocycles. The van der Waals surface area contributed by atoms with Gasteiger partial charge in [-0.05, 0) is 50.7 Å². The number of carbonyl (C=O) groups is 1. The Morgan fingerprint density at radius 3 is 3.06 bits per heavy atom. The van der Waals surface area contributed by atoms with Crippen molar-refractivity contribution in [2.75, 3.05) is 32.8 Å². The molecule has 3 atom stereocenters. The summed E-state index contributed by atoms with van der Waals surface area (Å²) in [6.07, 6.45) is 8.80. The number of carbonyl (C=O) groups excluding carboxylic acids is 1. The van der Waals surface area contributed by atoms with Crippen molar-refractivity contribution >= 4 is 17.2 Å². The number of fused-ring (bicyclic) bond motifs is 2. The number of rotatable bonds is 4. The summed E-state index contributed by atoms with van der Waals surface area (Å²) in [6, 6.07) is 3.28. The van der Waals surface area contributed by atoms with Gasteiger partial charge < -0.3 is 9.64 Å². The molecule has 3 N–H and O–H groups in total. The molecule has 0 aliphatic carbocycles. The molecule has 32 heavy (non-hydrogen) atoms. The lowest BCUT2D eigenvalue weighted by atomic mass is 9.79. The number of likely N-dealkylation sites (tertiary alicyclic amines) is 2. The molecule has 0 aromatic carbocycles. The summed E-state index contributed by atoms with van der Waals surface area (Å²) in [4.78, 5) is 19.4. The monoisotopic (exact) mass is 460 g/mol. The van der Waals surface area contributed by atoms with Gasteiger partial charge in [-0.3, -0.25) is 9.69 Å². The van der Waals surface area contributed by atoms with E-state index in [2.05, 4.69) is 47.0 Å². The number of piperidine rings is 2. The molecular weight excluding hydrogens is 422 g/mol. The molecule has 0 bridgehead atoms. The van der Waals surface area contributed by atoms with E-state index in [-0.39, 0.29) is 11.5 Å². The Morgan fingerprint density at radius 2 is 2.28 bits per heavy atom. The van der Waals surface area contributed by atoms with Gasteiger partial charge in [-0.25, -0.2) is 10.4 Å². The number of ether oxygens (including phenoxy) is 1. The fourth-order valence-corrected chi connectivity index (χ4v) is 7.10. The lowest BCUT2D eigenvalue weighted by Gasteiger charge is -2.47. The van der Waals surface area contributed by atoms with Crippen LogP contribution in [-0.4, -0.2) is 65.6 Å². The number of quaternary nitrogens is 1. The van der Waals surface area contributed by atoms with Crippen LogP contribution in [-0.2, 0) is 28.0 Å². The molecule has 0 radical (unpaired) electrons. The number of aryl methyl sites for hydroxylation is 1. The maximum atomic E-state index is 11.8. The molecule has 1 amide bonds. The van der Waals surface area contributed by atoms with Gasteiger partial charge in [0.1, 0.15) is 5.70 Å². The number of nitrogens with zero attached hydrogens (tertiary/aromatic N) is 3. The molecule has 1 aromatic rings. The Balaban J connectivity index is 1.22. The van der Waals surface area contributed by atoms with Crippen LogP contribution in [0.1, 0.15) is 61.8 Å². The second-order valence-corrected chi connectivity index (χ2v) is 11.1. The highest BCUT2D eigenvalue weighted by molar-refractivity contribution is 7.12. The summed E-state index contributed by atoms with van der Waals surface area (Å²) in [5, 5.41) is 2.29. The summed E-state index contributed by atoms with van der Waals surface area (Å²) in [7, 11) is 0. The first-order chi connectivity index (χ1) is 15.5. The number of thiophene rings is 1. The van der Waals surface area contributed by atoms with Gasteiger partial charge in [0.2, 0.25) is 5.91 Å². The second-order valence-electron chi connectivity index (χ2n) is 9.91. The summed E-state index contributed by atoms with van der Waals surface area (Å²) < 4.78 is 6.51. The predicted octanol–water partition coefficient (Wildman–Crippen LogP) is 1.71. The quantitative estimate of drug-likeness (QED) is 0.670. The van der Waals surface area contributed by atoms with E-state index in [9.17, 15) is 4.79 Å². The van der Waals surface area contributed by atoms with E-state index in [4.69, 9.17) is 4.74 Å². The van der Waals surface area contributed by atoms with E-state index in [0.717, 1.165) is 71.3 Å². The van der Waals surface area contributed by atoms with E-state index in [1.54, 1.807) is 11.8 Å². The number of hydrogen-bond donors (Lipinski definition) is 2. The highest BCUT2D eigenvalue weighted by atomic mass is 32.1. The average molecular weight is 461 g/mol. The van der Waals surface area contributed by atoms with Crippen LogP contribution in [0.15, 0.2) is 18.0 Å². The Kier molecular flexibility index (Phi) is 6.22. The van der Waals surface area contributed by atoms with Crippen LogP contribution in [0.25, 0.3) is 0 Å². The third-order valence-corrected chi connectivity index (χ3v) is 9.14. The van der Waals surface area contributed by atoms with Crippen LogP contribution in [0, 0.1) is 0 Å². The van der Waals surface area contributed by atoms with Crippen molar-refractivity contribution in [3.63, 3.8) is 0 Å². The molecule has 1 aromatic heterocycles. The van der Waals surface area contributed by atoms with Gasteiger partial charge in [0.15, 0.2) is 0 Å². The minimum Gasteiger partial charge on any atom is -0.370 e. The highest BCUT2D eigenvalue weighted by Crippen LogP contribution is 2.46. The summed E-state index contributed by atoms with van der Waals surface area (Å²) in [5.41, 5.74) is 8.25. The van der Waals surface area contributed by atoms with Gasteiger partial charge in [0, 0.05) is 55.3 Å². The molecular formula is C24H38N5O2S+. The third kappa shape index (κ3) is 4.18. The number of nitrogens with one attached hydrogen (secondary N) is 1. The van der Waals surface area contributed by atoms with E-state index in [0.29, 0.717) is 12.1 Å². The first-order valence-corrected chi connectivity index (χ1v) is 13.1. The van der Waals surface area contributed by atoms with Gasteiger partial charge in [-0.1, -0.05) is 6.92 Å². The minimum atomic E-state index is -0.0820. The van der Waals surface area contributed by atoms with E-state index in [1.807, 2.05) is 16.2 Å². The smallest absolute Gasteiger partial charge is 0.219 e. The average Bonchev–Trinajstić information content (AvgIpc) is 3.44. The Morgan fingerprint density at radius 1 is 1.41 bits per heavy atom. The zero-order chi connectivity index (χ0) is 22.3. The fraction of sp³-hybridized carbons (Fsp3) is 0.708. The maximum Gasteiger partial charge on any atom is 0.219 e. The number of amides is 1. The van der Waals surface area contributed by atoms with Gasteiger partial charge in [0.25, 0.3) is 0 Å². The lowest BCUT2D eigenvalue weighted by Crippen LogP contribution is -2.98. The van der Waals surface area contributed by atoms with Crippen molar-refractivity contribution in [3.05, 3.63) is 33.3 Å². The molecule has 7 nitrogen and oxygen atoms in total. The van der Waals surface area contributed by atoms with Crippen molar-refractivity contribution in [2.45, 2.75) is 77.0 Å². The summed E-state index contributed by atoms with van der Waals surface area (Å²) >= 11 is 2.00. The Hall–Kier alpha value is -1.61. The van der Waals surface area contributed by atoms with Crippen molar-refractivity contribution < 1.29 is 15.1 Å². The zero-order valence-corrected chi connectivity index (χ0v) is 20.5. The van der Waals surface area contributed by atoms with Crippen LogP contribution >= 0.6 is 11.3 Å². The third-order valence-electron chi connectivity index (χ3n) is 7.80. The molecule has 1 unspecified atom stereocenters. The molecule has 5 heterocycles. The molecule has 8 heteroatoms. The highest BCUT2D eigenvalue weighted by Gasteiger charge is 2.44. The zero-order valence-electron chi connectivity index (χ0n) is 19.7. The SMILES string of the molecule is CCc1cc2c(s1)CCO[C@@]21CCN(CC2=CN(C3CCCN(C(C)=O)C3)[NH2+]N2)[C@@H](C)C1. The van der Waals surface area contributed by atoms with Crippen LogP contribution < -0.4 is 11.0 Å². The van der Waals surface area contributed by atoms with Crippen molar-refractivity contribution in [2.24, 2.45) is 0 Å². The van der Waals surface area contributed by atoms with Crippen LogP contribution in [0.2, 0.25) is 0 Å². The van der Waals surface area contributed by atoms with Crippen molar-refractivity contribution in [1.29, 1.82) is 0 Å². The summed E-state index contributed by atoms with van der Waals surface area (Å²) in [5.74, 6) is 0.187. The van der Waals surface area contributed by atoms with Crippen molar-refractivity contribution in [3.8, 4) is 0 Å². The normalized spacial score (nSPS) is 30.9. The molecule has 2 saturated heterocycles. The van der Waals surface area contributed by atoms with Crippen LogP contribution in [0.5, 0.6) is 0 Å². The molecule has 2 fully saturated rings. The fourth-order valence-electron chi connectivity index (χ4n) is 5.92. The van der Waals surface area contributed by atoms with E-state index < -0.39 is 0 Å². The number of hydrogen-bond acceptors (Lipinski definition) is 6. The van der Waals surface area contributed by atoms with E-state index in [1.165, 1.54) is 16.1 Å².